The Morgan fingerprint density at radius 3 is 2.06 bits per heavy atom. The van der Waals surface area contributed by atoms with Gasteiger partial charge in [0.05, 0.1) is 17.4 Å². The average Bonchev–Trinajstić information content (AvgIpc) is 2.72. The molecule has 8 nitrogen and oxygen atoms in total. The highest BCUT2D eigenvalue weighted by atomic mass is 16.4. The van der Waals surface area contributed by atoms with Crippen LogP contribution in [0.2, 0.25) is 0 Å². The number of carbonyl (C=O) groups is 3. The molecule has 3 aromatic rings. The Kier molecular flexibility index (Phi) is 6.52. The molecular formula is C23H23N3O5. The van der Waals surface area contributed by atoms with E-state index in [1.54, 1.807) is 36.4 Å². The molecule has 0 aliphatic rings. The number of nitrogens with one attached hydrogen (secondary N) is 3. The number of carboxylic acid groups (broad SMARTS) is 1. The number of urea groups is 1. The summed E-state index contributed by atoms with van der Waals surface area (Å²) in [6.45, 7) is 3.13. The van der Waals surface area contributed by atoms with Crippen LogP contribution in [-0.2, 0) is 4.79 Å². The van der Waals surface area contributed by atoms with E-state index in [2.05, 4.69) is 16.0 Å². The largest absolute Gasteiger partial charge is 0.480 e. The zero-order valence-corrected chi connectivity index (χ0v) is 17.0. The van der Waals surface area contributed by atoms with Crippen molar-refractivity contribution in [3.63, 3.8) is 0 Å². The zero-order valence-electron chi connectivity index (χ0n) is 17.0. The van der Waals surface area contributed by atoms with Crippen LogP contribution in [-0.4, -0.2) is 40.3 Å². The van der Waals surface area contributed by atoms with Crippen LogP contribution >= 0.6 is 0 Å². The van der Waals surface area contributed by atoms with Gasteiger partial charge in [0.1, 0.15) is 0 Å². The summed E-state index contributed by atoms with van der Waals surface area (Å²) in [6.07, 6.45) is -1.30. The van der Waals surface area contributed by atoms with E-state index in [4.69, 9.17) is 0 Å². The van der Waals surface area contributed by atoms with Crippen molar-refractivity contribution in [2.75, 3.05) is 10.6 Å². The summed E-state index contributed by atoms with van der Waals surface area (Å²) in [5, 5.41) is 28.2. The number of fused-ring (bicyclic) bond motifs is 1. The number of carboxylic acids is 1. The number of hydrogen-bond donors (Lipinski definition) is 5. The molecule has 8 heteroatoms. The summed E-state index contributed by atoms with van der Waals surface area (Å²) in [7, 11) is 0. The van der Waals surface area contributed by atoms with E-state index in [0.717, 1.165) is 16.3 Å². The Balaban J connectivity index is 1.93. The van der Waals surface area contributed by atoms with Crippen molar-refractivity contribution in [1.82, 2.24) is 5.32 Å². The number of hydrogen-bond acceptors (Lipinski definition) is 4. The van der Waals surface area contributed by atoms with Crippen LogP contribution in [0.15, 0.2) is 60.7 Å². The maximum atomic E-state index is 12.9. The van der Waals surface area contributed by atoms with Gasteiger partial charge in [-0.15, -0.1) is 0 Å². The Labute approximate surface area is 178 Å². The topological polar surface area (TPSA) is 128 Å². The van der Waals surface area contributed by atoms with Crippen LogP contribution in [0, 0.1) is 6.92 Å². The number of benzene rings is 3. The van der Waals surface area contributed by atoms with Crippen LogP contribution in [0.25, 0.3) is 10.8 Å². The first-order valence-electron chi connectivity index (χ1n) is 9.64. The number of para-hydroxylation sites is 1. The smallest absolute Gasteiger partial charge is 0.328 e. The normalized spacial score (nSPS) is 12.6. The van der Waals surface area contributed by atoms with E-state index in [-0.39, 0.29) is 11.3 Å². The summed E-state index contributed by atoms with van der Waals surface area (Å²) in [5.41, 5.74) is 1.77. The fraction of sp³-hybridized carbons (Fsp3) is 0.174. The van der Waals surface area contributed by atoms with Gasteiger partial charge in [0.2, 0.25) is 0 Å². The minimum Gasteiger partial charge on any atom is -0.480 e. The molecule has 2 atom stereocenters. The Morgan fingerprint density at radius 2 is 1.45 bits per heavy atom. The fourth-order valence-corrected chi connectivity index (χ4v) is 3.13. The third-order valence-electron chi connectivity index (χ3n) is 4.81. The van der Waals surface area contributed by atoms with E-state index in [1.165, 1.54) is 6.92 Å². The highest BCUT2D eigenvalue weighted by Gasteiger charge is 2.27. The summed E-state index contributed by atoms with van der Waals surface area (Å²) in [5.74, 6) is -2.10. The van der Waals surface area contributed by atoms with Gasteiger partial charge in [0.15, 0.2) is 6.04 Å². The van der Waals surface area contributed by atoms with Gasteiger partial charge >= 0.3 is 12.0 Å². The molecule has 3 rings (SSSR count). The van der Waals surface area contributed by atoms with Crippen molar-refractivity contribution < 1.29 is 24.6 Å². The number of aliphatic carboxylic acids is 1. The average molecular weight is 421 g/mol. The van der Waals surface area contributed by atoms with Gasteiger partial charge in [-0.1, -0.05) is 42.5 Å². The van der Waals surface area contributed by atoms with Crippen LogP contribution in [0.4, 0.5) is 16.2 Å². The first-order valence-corrected chi connectivity index (χ1v) is 9.64. The van der Waals surface area contributed by atoms with E-state index < -0.39 is 30.1 Å². The molecule has 5 N–H and O–H groups in total. The van der Waals surface area contributed by atoms with Crippen molar-refractivity contribution in [2.24, 2.45) is 0 Å². The number of aliphatic hydroxyl groups excluding tert-OH is 1. The van der Waals surface area contributed by atoms with E-state index in [9.17, 15) is 24.6 Å². The molecule has 0 bridgehead atoms. The van der Waals surface area contributed by atoms with Gasteiger partial charge in [0, 0.05) is 5.69 Å². The van der Waals surface area contributed by atoms with Crippen LogP contribution < -0.4 is 16.0 Å². The van der Waals surface area contributed by atoms with E-state index >= 15 is 0 Å². The predicted octanol–water partition coefficient (Wildman–Crippen LogP) is 3.36. The zero-order chi connectivity index (χ0) is 22.5. The number of carbonyl (C=O) groups excluding carboxylic acids is 2. The highest BCUT2D eigenvalue weighted by molar-refractivity contribution is 6.10. The molecule has 0 spiro atoms. The number of anilines is 2. The minimum absolute atomic E-state index is 0.0746. The molecule has 0 radical (unpaired) electrons. The first-order chi connectivity index (χ1) is 14.8. The summed E-state index contributed by atoms with van der Waals surface area (Å²) < 4.78 is 0. The number of rotatable bonds is 6. The molecule has 0 saturated carbocycles. The second-order valence-corrected chi connectivity index (χ2v) is 7.17. The number of aryl methyl sites for hydroxylation is 1. The maximum Gasteiger partial charge on any atom is 0.328 e. The SMILES string of the molecule is Cc1ccccc1NC(=O)Nc1cc2ccccc2cc1C(=O)N[C@H](C(=O)O)[C@@H](C)O. The van der Waals surface area contributed by atoms with Gasteiger partial charge < -0.3 is 26.2 Å². The number of amides is 3. The van der Waals surface area contributed by atoms with Crippen molar-refractivity contribution in [2.45, 2.75) is 26.0 Å². The Morgan fingerprint density at radius 1 is 0.871 bits per heavy atom. The molecule has 0 unspecified atom stereocenters. The van der Waals surface area contributed by atoms with Crippen LogP contribution in [0.5, 0.6) is 0 Å². The van der Waals surface area contributed by atoms with Gasteiger partial charge in [-0.25, -0.2) is 9.59 Å². The molecule has 160 valence electrons. The van der Waals surface area contributed by atoms with Gasteiger partial charge in [-0.3, -0.25) is 4.79 Å². The first kappa shape index (κ1) is 21.8. The maximum absolute atomic E-state index is 12.9. The summed E-state index contributed by atoms with van der Waals surface area (Å²) >= 11 is 0. The molecule has 0 aliphatic carbocycles. The van der Waals surface area contributed by atoms with Crippen molar-refractivity contribution in [1.29, 1.82) is 0 Å². The van der Waals surface area contributed by atoms with E-state index in [0.29, 0.717) is 5.69 Å². The Bertz CT molecular complexity index is 1140. The quantitative estimate of drug-likeness (QED) is 0.417. The minimum atomic E-state index is -1.49. The monoisotopic (exact) mass is 421 g/mol. The van der Waals surface area contributed by atoms with Crippen molar-refractivity contribution in [3.8, 4) is 0 Å². The molecular weight excluding hydrogens is 398 g/mol. The second-order valence-electron chi connectivity index (χ2n) is 7.17. The lowest BCUT2D eigenvalue weighted by atomic mass is 10.0. The van der Waals surface area contributed by atoms with Crippen LogP contribution in [0.3, 0.4) is 0 Å². The van der Waals surface area contributed by atoms with E-state index in [1.807, 2.05) is 31.2 Å². The lowest BCUT2D eigenvalue weighted by Gasteiger charge is -2.19. The predicted molar refractivity (Wildman–Crippen MR) is 118 cm³/mol. The molecule has 0 saturated heterocycles. The lowest BCUT2D eigenvalue weighted by molar-refractivity contribution is -0.141. The van der Waals surface area contributed by atoms with Gasteiger partial charge in [-0.2, -0.15) is 0 Å². The molecule has 0 heterocycles. The highest BCUT2D eigenvalue weighted by Crippen LogP contribution is 2.25. The molecule has 0 aromatic heterocycles. The summed E-state index contributed by atoms with van der Waals surface area (Å²) in [4.78, 5) is 36.8. The number of aliphatic hydroxyl groups is 1. The molecule has 3 aromatic carbocycles. The third kappa shape index (κ3) is 5.18. The van der Waals surface area contributed by atoms with Crippen molar-refractivity contribution in [3.05, 3.63) is 71.8 Å². The molecule has 31 heavy (non-hydrogen) atoms. The van der Waals surface area contributed by atoms with Crippen molar-refractivity contribution >= 4 is 40.1 Å². The molecule has 0 aliphatic heterocycles. The third-order valence-corrected chi connectivity index (χ3v) is 4.81. The Hall–Kier alpha value is -3.91. The molecule has 3 amide bonds. The second kappa shape index (κ2) is 9.27. The van der Waals surface area contributed by atoms with Gasteiger partial charge in [-0.05, 0) is 48.4 Å². The lowest BCUT2D eigenvalue weighted by Crippen LogP contribution is -2.47. The fourth-order valence-electron chi connectivity index (χ4n) is 3.13. The van der Waals surface area contributed by atoms with Gasteiger partial charge in [0.25, 0.3) is 5.91 Å². The summed E-state index contributed by atoms with van der Waals surface area (Å²) in [6, 6.07) is 15.7. The standard InChI is InChI=1S/C23H23N3O5/c1-13-7-3-6-10-18(13)24-23(31)25-19-12-16-9-5-4-8-15(16)11-17(19)21(28)26-20(14(2)27)22(29)30/h3-12,14,20,27H,1-2H3,(H,26,28)(H,29,30)(H2,24,25,31)/t14-,20+/m1/s1. The van der Waals surface area contributed by atoms with Crippen LogP contribution in [0.1, 0.15) is 22.8 Å². The molecule has 0 fully saturated rings.